The number of ether oxygens (including phenoxy) is 4. The molecule has 0 aromatic heterocycles. The molecule has 0 fully saturated rings. The van der Waals surface area contributed by atoms with E-state index in [2.05, 4.69) is 11.9 Å². The lowest BCUT2D eigenvalue weighted by Gasteiger charge is -2.11. The van der Waals surface area contributed by atoms with Crippen LogP contribution in [0.25, 0.3) is 0 Å². The number of unbranched alkanes of at least 4 members (excludes halogenated alkanes) is 1. The molecule has 3 aromatic rings. The van der Waals surface area contributed by atoms with E-state index in [1.54, 1.807) is 37.3 Å². The fraction of sp³-hybridized carbons (Fsp3) is 0.226. The Hall–Kier alpha value is -4.92. The number of carbonyl (C=O) groups excluding carboxylic acids is 4. The Morgan fingerprint density at radius 3 is 2.05 bits per heavy atom. The van der Waals surface area contributed by atoms with Crippen LogP contribution in [0.1, 0.15) is 51.6 Å². The highest BCUT2D eigenvalue weighted by Crippen LogP contribution is 2.23. The van der Waals surface area contributed by atoms with Crippen molar-refractivity contribution in [2.24, 2.45) is 0 Å². The molecule has 0 radical (unpaired) electrons. The molecular weight excluding hydrogens is 514 g/mol. The van der Waals surface area contributed by atoms with Gasteiger partial charge in [0.2, 0.25) is 0 Å². The molecule has 1 amide bonds. The van der Waals surface area contributed by atoms with Gasteiger partial charge in [-0.1, -0.05) is 25.6 Å². The molecule has 0 aliphatic heterocycles. The molecular formula is C31H31NO8. The standard InChI is InChI=1S/C31H31NO8/c1-4-22-8-10-24(11-9-22)30(35)39-26-16-17-27(21(3)20-26)32-29(34)23-12-14-25(15-13-23)40-31(36)38-19-7-6-18-37-28(33)5-2/h5,8-17,20H,2,4,6-7,18-19H2,1,3H3,(H,32,34). The lowest BCUT2D eigenvalue weighted by atomic mass is 10.1. The van der Waals surface area contributed by atoms with E-state index in [0.29, 0.717) is 41.0 Å². The van der Waals surface area contributed by atoms with Crippen LogP contribution in [0, 0.1) is 6.92 Å². The van der Waals surface area contributed by atoms with Crippen LogP contribution in [0.15, 0.2) is 79.4 Å². The van der Waals surface area contributed by atoms with Crippen molar-refractivity contribution in [3.63, 3.8) is 0 Å². The van der Waals surface area contributed by atoms with E-state index in [0.717, 1.165) is 18.1 Å². The smallest absolute Gasteiger partial charge is 0.463 e. The first-order valence-electron chi connectivity index (χ1n) is 12.8. The van der Waals surface area contributed by atoms with Crippen molar-refractivity contribution in [2.75, 3.05) is 18.5 Å². The fourth-order valence-electron chi connectivity index (χ4n) is 3.47. The summed E-state index contributed by atoms with van der Waals surface area (Å²) >= 11 is 0. The molecule has 9 nitrogen and oxygen atoms in total. The van der Waals surface area contributed by atoms with Gasteiger partial charge in [-0.05, 0) is 91.9 Å². The maximum atomic E-state index is 12.7. The van der Waals surface area contributed by atoms with Gasteiger partial charge in [-0.2, -0.15) is 0 Å². The molecule has 40 heavy (non-hydrogen) atoms. The molecule has 0 atom stereocenters. The van der Waals surface area contributed by atoms with Gasteiger partial charge in [0, 0.05) is 17.3 Å². The van der Waals surface area contributed by atoms with Crippen LogP contribution in [-0.2, 0) is 20.7 Å². The van der Waals surface area contributed by atoms with E-state index in [-0.39, 0.29) is 24.9 Å². The molecule has 3 rings (SSSR count). The number of aryl methyl sites for hydroxylation is 2. The maximum Gasteiger partial charge on any atom is 0.513 e. The lowest BCUT2D eigenvalue weighted by molar-refractivity contribution is -0.137. The van der Waals surface area contributed by atoms with Gasteiger partial charge in [-0.25, -0.2) is 14.4 Å². The third-order valence-corrected chi connectivity index (χ3v) is 5.74. The number of esters is 2. The van der Waals surface area contributed by atoms with E-state index < -0.39 is 18.1 Å². The molecule has 0 bridgehead atoms. The van der Waals surface area contributed by atoms with Crippen LogP contribution < -0.4 is 14.8 Å². The van der Waals surface area contributed by atoms with Gasteiger partial charge in [-0.15, -0.1) is 0 Å². The zero-order valence-electron chi connectivity index (χ0n) is 22.4. The third kappa shape index (κ3) is 9.13. The minimum absolute atomic E-state index is 0.106. The Morgan fingerprint density at radius 1 is 0.800 bits per heavy atom. The minimum Gasteiger partial charge on any atom is -0.463 e. The largest absolute Gasteiger partial charge is 0.513 e. The molecule has 1 N–H and O–H groups in total. The van der Waals surface area contributed by atoms with Gasteiger partial charge < -0.3 is 24.3 Å². The summed E-state index contributed by atoms with van der Waals surface area (Å²) in [6.07, 6.45) is 2.10. The van der Waals surface area contributed by atoms with Crippen molar-refractivity contribution in [3.05, 3.63) is 102 Å². The zero-order valence-corrected chi connectivity index (χ0v) is 22.4. The predicted octanol–water partition coefficient (Wildman–Crippen LogP) is 6.05. The predicted molar refractivity (Wildman–Crippen MR) is 149 cm³/mol. The highest BCUT2D eigenvalue weighted by atomic mass is 16.7. The van der Waals surface area contributed by atoms with Crippen LogP contribution in [0.5, 0.6) is 11.5 Å². The van der Waals surface area contributed by atoms with E-state index in [1.807, 2.05) is 19.1 Å². The van der Waals surface area contributed by atoms with Crippen molar-refractivity contribution in [1.82, 2.24) is 0 Å². The maximum absolute atomic E-state index is 12.7. The van der Waals surface area contributed by atoms with E-state index >= 15 is 0 Å². The first-order chi connectivity index (χ1) is 19.3. The average Bonchev–Trinajstić information content (AvgIpc) is 2.96. The topological polar surface area (TPSA) is 117 Å². The summed E-state index contributed by atoms with van der Waals surface area (Å²) in [4.78, 5) is 47.9. The second-order valence-corrected chi connectivity index (χ2v) is 8.67. The first kappa shape index (κ1) is 29.6. The van der Waals surface area contributed by atoms with Crippen LogP contribution >= 0.6 is 0 Å². The normalized spacial score (nSPS) is 10.2. The number of anilines is 1. The Balaban J connectivity index is 1.46. The summed E-state index contributed by atoms with van der Waals surface area (Å²) in [5, 5.41) is 2.82. The minimum atomic E-state index is -0.880. The molecule has 0 aliphatic carbocycles. The first-order valence-corrected chi connectivity index (χ1v) is 12.8. The second kappa shape index (κ2) is 14.9. The van der Waals surface area contributed by atoms with Gasteiger partial charge in [-0.3, -0.25) is 4.79 Å². The highest BCUT2D eigenvalue weighted by molar-refractivity contribution is 6.04. The summed E-state index contributed by atoms with van der Waals surface area (Å²) in [5.74, 6) is -0.748. The van der Waals surface area contributed by atoms with Crippen molar-refractivity contribution >= 4 is 29.7 Å². The SMILES string of the molecule is C=CC(=O)OCCCCOC(=O)Oc1ccc(C(=O)Nc2ccc(OC(=O)c3ccc(CC)cc3)cc2C)cc1. The summed E-state index contributed by atoms with van der Waals surface area (Å²) < 4.78 is 20.4. The summed E-state index contributed by atoms with van der Waals surface area (Å²) in [6, 6.07) is 18.2. The van der Waals surface area contributed by atoms with Gasteiger partial charge in [0.05, 0.1) is 18.8 Å². The second-order valence-electron chi connectivity index (χ2n) is 8.67. The van der Waals surface area contributed by atoms with Crippen LogP contribution in [-0.4, -0.2) is 37.2 Å². The van der Waals surface area contributed by atoms with Crippen molar-refractivity contribution in [3.8, 4) is 11.5 Å². The number of nitrogens with one attached hydrogen (secondary N) is 1. The van der Waals surface area contributed by atoms with Gasteiger partial charge in [0.25, 0.3) is 5.91 Å². The molecule has 0 spiro atoms. The lowest BCUT2D eigenvalue weighted by Crippen LogP contribution is -2.14. The zero-order chi connectivity index (χ0) is 28.9. The monoisotopic (exact) mass is 545 g/mol. The van der Waals surface area contributed by atoms with E-state index in [4.69, 9.17) is 18.9 Å². The summed E-state index contributed by atoms with van der Waals surface area (Å²) in [5.41, 5.74) is 3.20. The molecule has 9 heteroatoms. The highest BCUT2D eigenvalue weighted by Gasteiger charge is 2.13. The number of benzene rings is 3. The summed E-state index contributed by atoms with van der Waals surface area (Å²) in [7, 11) is 0. The third-order valence-electron chi connectivity index (χ3n) is 5.74. The number of rotatable bonds is 12. The number of hydrogen-bond donors (Lipinski definition) is 1. The molecule has 0 unspecified atom stereocenters. The molecule has 208 valence electrons. The number of hydrogen-bond acceptors (Lipinski definition) is 8. The molecule has 3 aromatic carbocycles. The van der Waals surface area contributed by atoms with Crippen LogP contribution in [0.2, 0.25) is 0 Å². The van der Waals surface area contributed by atoms with Crippen LogP contribution in [0.4, 0.5) is 10.5 Å². The van der Waals surface area contributed by atoms with Gasteiger partial charge in [0.15, 0.2) is 0 Å². The number of amides is 1. The Kier molecular flexibility index (Phi) is 11.0. The quantitative estimate of drug-likeness (QED) is 0.0960. The molecule has 0 heterocycles. The van der Waals surface area contributed by atoms with Gasteiger partial charge >= 0.3 is 18.1 Å². The molecule has 0 aliphatic rings. The molecule has 0 saturated heterocycles. The van der Waals surface area contributed by atoms with E-state index in [1.165, 1.54) is 24.3 Å². The molecule has 0 saturated carbocycles. The Morgan fingerprint density at radius 2 is 1.43 bits per heavy atom. The average molecular weight is 546 g/mol. The van der Waals surface area contributed by atoms with Crippen molar-refractivity contribution < 1.29 is 38.1 Å². The number of carbonyl (C=O) groups is 4. The Bertz CT molecular complexity index is 1350. The fourth-order valence-corrected chi connectivity index (χ4v) is 3.47. The van der Waals surface area contributed by atoms with E-state index in [9.17, 15) is 19.2 Å². The van der Waals surface area contributed by atoms with Crippen molar-refractivity contribution in [2.45, 2.75) is 33.1 Å². The van der Waals surface area contributed by atoms with Crippen LogP contribution in [0.3, 0.4) is 0 Å². The van der Waals surface area contributed by atoms with Gasteiger partial charge in [0.1, 0.15) is 11.5 Å². The Labute approximate surface area is 232 Å². The summed E-state index contributed by atoms with van der Waals surface area (Å²) in [6.45, 7) is 7.45. The van der Waals surface area contributed by atoms with Crippen molar-refractivity contribution in [1.29, 1.82) is 0 Å².